The molecule has 0 aliphatic carbocycles. The Labute approximate surface area is 99.9 Å². The molecule has 0 saturated carbocycles. The molecule has 1 aromatic rings. The smallest absolute Gasteiger partial charge is 0.335 e. The molecular formula is C13H13NO3. The first-order chi connectivity index (χ1) is 8.10. The number of rotatable bonds is 4. The van der Waals surface area contributed by atoms with Crippen LogP contribution in [0.15, 0.2) is 24.3 Å². The number of carbonyl (C=O) groups excluding carboxylic acids is 1. The lowest BCUT2D eigenvalue weighted by Crippen LogP contribution is -2.31. The van der Waals surface area contributed by atoms with Gasteiger partial charge in [-0.1, -0.05) is 12.0 Å². The quantitative estimate of drug-likeness (QED) is 0.798. The minimum Gasteiger partial charge on any atom is -0.478 e. The van der Waals surface area contributed by atoms with Crippen LogP contribution in [0.1, 0.15) is 27.6 Å². The van der Waals surface area contributed by atoms with Gasteiger partial charge in [-0.3, -0.25) is 4.79 Å². The maximum absolute atomic E-state index is 12.0. The van der Waals surface area contributed by atoms with E-state index in [0.29, 0.717) is 12.1 Å². The molecule has 0 saturated heterocycles. The van der Waals surface area contributed by atoms with Gasteiger partial charge in [0, 0.05) is 12.1 Å². The van der Waals surface area contributed by atoms with Crippen molar-refractivity contribution in [3.8, 4) is 12.3 Å². The van der Waals surface area contributed by atoms with Crippen LogP contribution in [0.5, 0.6) is 0 Å². The van der Waals surface area contributed by atoms with Crippen molar-refractivity contribution in [2.75, 3.05) is 13.1 Å². The molecule has 4 nitrogen and oxygen atoms in total. The molecule has 0 atom stereocenters. The number of carboxylic acid groups (broad SMARTS) is 1. The highest BCUT2D eigenvalue weighted by Crippen LogP contribution is 2.08. The number of nitrogens with zero attached hydrogens (tertiary/aromatic N) is 1. The van der Waals surface area contributed by atoms with E-state index in [2.05, 4.69) is 5.92 Å². The van der Waals surface area contributed by atoms with Gasteiger partial charge in [0.2, 0.25) is 0 Å². The molecule has 0 bridgehead atoms. The predicted octanol–water partition coefficient (Wildman–Crippen LogP) is 1.48. The van der Waals surface area contributed by atoms with E-state index in [0.717, 1.165) is 0 Å². The Hall–Kier alpha value is -2.28. The summed E-state index contributed by atoms with van der Waals surface area (Å²) in [6, 6.07) is 5.91. The molecule has 1 aromatic carbocycles. The number of hydrogen-bond acceptors (Lipinski definition) is 2. The number of carboxylic acids is 1. The van der Waals surface area contributed by atoms with E-state index in [-0.39, 0.29) is 18.0 Å². The summed E-state index contributed by atoms with van der Waals surface area (Å²) in [4.78, 5) is 24.2. The zero-order valence-corrected chi connectivity index (χ0v) is 9.51. The lowest BCUT2D eigenvalue weighted by atomic mass is 10.1. The van der Waals surface area contributed by atoms with Gasteiger partial charge in [0.15, 0.2) is 0 Å². The zero-order chi connectivity index (χ0) is 12.8. The molecule has 0 fully saturated rings. The third kappa shape index (κ3) is 3.08. The van der Waals surface area contributed by atoms with E-state index in [4.69, 9.17) is 11.5 Å². The Morgan fingerprint density at radius 3 is 2.59 bits per heavy atom. The summed E-state index contributed by atoms with van der Waals surface area (Å²) in [5, 5.41) is 8.83. The Balaban J connectivity index is 3.00. The van der Waals surface area contributed by atoms with E-state index in [1.165, 1.54) is 17.0 Å². The number of terminal acetylenes is 1. The second-order valence-corrected chi connectivity index (χ2v) is 3.41. The zero-order valence-electron chi connectivity index (χ0n) is 9.51. The summed E-state index contributed by atoms with van der Waals surface area (Å²) in [6.07, 6.45) is 5.16. The monoisotopic (exact) mass is 231 g/mol. The molecule has 0 unspecified atom stereocenters. The second kappa shape index (κ2) is 5.71. The minimum absolute atomic E-state index is 0.0904. The summed E-state index contributed by atoms with van der Waals surface area (Å²) >= 11 is 0. The number of amides is 1. The van der Waals surface area contributed by atoms with Crippen molar-refractivity contribution in [1.82, 2.24) is 4.90 Å². The Kier molecular flexibility index (Phi) is 4.29. The Morgan fingerprint density at radius 2 is 2.06 bits per heavy atom. The fourth-order valence-electron chi connectivity index (χ4n) is 1.41. The van der Waals surface area contributed by atoms with Crippen molar-refractivity contribution >= 4 is 11.9 Å². The highest BCUT2D eigenvalue weighted by Gasteiger charge is 2.14. The second-order valence-electron chi connectivity index (χ2n) is 3.41. The van der Waals surface area contributed by atoms with Crippen molar-refractivity contribution in [2.24, 2.45) is 0 Å². The van der Waals surface area contributed by atoms with Crippen LogP contribution >= 0.6 is 0 Å². The number of aromatic carboxylic acids is 1. The van der Waals surface area contributed by atoms with Crippen molar-refractivity contribution in [1.29, 1.82) is 0 Å². The fraction of sp³-hybridized carbons (Fsp3) is 0.231. The number of carbonyl (C=O) groups is 2. The van der Waals surface area contributed by atoms with Gasteiger partial charge in [0.05, 0.1) is 12.1 Å². The Bertz CT molecular complexity index is 474. The molecule has 0 spiro atoms. The van der Waals surface area contributed by atoms with Crippen molar-refractivity contribution in [3.63, 3.8) is 0 Å². The molecular weight excluding hydrogens is 218 g/mol. The molecule has 88 valence electrons. The van der Waals surface area contributed by atoms with Gasteiger partial charge >= 0.3 is 5.97 Å². The van der Waals surface area contributed by atoms with Gasteiger partial charge in [-0.05, 0) is 25.1 Å². The number of hydrogen-bond donors (Lipinski definition) is 1. The highest BCUT2D eigenvalue weighted by molar-refractivity contribution is 5.97. The van der Waals surface area contributed by atoms with Crippen molar-refractivity contribution in [2.45, 2.75) is 6.92 Å². The molecule has 17 heavy (non-hydrogen) atoms. The van der Waals surface area contributed by atoms with Crippen LogP contribution in [0.3, 0.4) is 0 Å². The average molecular weight is 231 g/mol. The van der Waals surface area contributed by atoms with Crippen LogP contribution in [0.25, 0.3) is 0 Å². The van der Waals surface area contributed by atoms with Gasteiger partial charge in [-0.15, -0.1) is 6.42 Å². The van der Waals surface area contributed by atoms with E-state index in [1.807, 2.05) is 6.92 Å². The van der Waals surface area contributed by atoms with Crippen LogP contribution in [0, 0.1) is 12.3 Å². The topological polar surface area (TPSA) is 57.6 Å². The van der Waals surface area contributed by atoms with Crippen LogP contribution in [0.2, 0.25) is 0 Å². The van der Waals surface area contributed by atoms with Crippen LogP contribution in [0.4, 0.5) is 0 Å². The fourth-order valence-corrected chi connectivity index (χ4v) is 1.41. The van der Waals surface area contributed by atoms with Gasteiger partial charge in [-0.25, -0.2) is 4.79 Å². The Morgan fingerprint density at radius 1 is 1.41 bits per heavy atom. The first kappa shape index (κ1) is 12.8. The summed E-state index contributed by atoms with van der Waals surface area (Å²) < 4.78 is 0. The van der Waals surface area contributed by atoms with Crippen LogP contribution < -0.4 is 0 Å². The SMILES string of the molecule is C#CCN(CC)C(=O)c1cccc(C(=O)O)c1. The van der Waals surface area contributed by atoms with E-state index < -0.39 is 5.97 Å². The molecule has 0 radical (unpaired) electrons. The summed E-state index contributed by atoms with van der Waals surface area (Å²) in [5.74, 6) is 1.08. The van der Waals surface area contributed by atoms with Gasteiger partial charge < -0.3 is 10.0 Å². The summed E-state index contributed by atoms with van der Waals surface area (Å²) in [5.41, 5.74) is 0.426. The van der Waals surface area contributed by atoms with Gasteiger partial charge in [-0.2, -0.15) is 0 Å². The molecule has 1 rings (SSSR count). The normalized spacial score (nSPS) is 9.41. The first-order valence-electron chi connectivity index (χ1n) is 5.16. The molecule has 0 aliphatic rings. The van der Waals surface area contributed by atoms with Crippen LogP contribution in [-0.4, -0.2) is 35.0 Å². The van der Waals surface area contributed by atoms with Gasteiger partial charge in [0.25, 0.3) is 5.91 Å². The predicted molar refractivity (Wildman–Crippen MR) is 63.8 cm³/mol. The highest BCUT2D eigenvalue weighted by atomic mass is 16.4. The summed E-state index contributed by atoms with van der Waals surface area (Å²) in [6.45, 7) is 2.52. The van der Waals surface area contributed by atoms with E-state index >= 15 is 0 Å². The maximum Gasteiger partial charge on any atom is 0.335 e. The van der Waals surface area contributed by atoms with Crippen LogP contribution in [-0.2, 0) is 0 Å². The standard InChI is InChI=1S/C13H13NO3/c1-3-8-14(4-2)12(15)10-6-5-7-11(9-10)13(16)17/h1,5-7,9H,4,8H2,2H3,(H,16,17). The van der Waals surface area contributed by atoms with E-state index in [1.54, 1.807) is 12.1 Å². The molecule has 0 heterocycles. The third-order valence-electron chi connectivity index (χ3n) is 2.31. The summed E-state index contributed by atoms with van der Waals surface area (Å²) in [7, 11) is 0. The minimum atomic E-state index is -1.06. The largest absolute Gasteiger partial charge is 0.478 e. The van der Waals surface area contributed by atoms with Crippen molar-refractivity contribution < 1.29 is 14.7 Å². The van der Waals surface area contributed by atoms with E-state index in [9.17, 15) is 9.59 Å². The lowest BCUT2D eigenvalue weighted by Gasteiger charge is -2.17. The average Bonchev–Trinajstić information content (AvgIpc) is 2.35. The van der Waals surface area contributed by atoms with Gasteiger partial charge in [0.1, 0.15) is 0 Å². The molecule has 1 amide bonds. The molecule has 0 aromatic heterocycles. The molecule has 4 heteroatoms. The lowest BCUT2D eigenvalue weighted by molar-refractivity contribution is 0.0697. The molecule has 1 N–H and O–H groups in total. The molecule has 0 aliphatic heterocycles. The first-order valence-corrected chi connectivity index (χ1v) is 5.16. The van der Waals surface area contributed by atoms with Crippen molar-refractivity contribution in [3.05, 3.63) is 35.4 Å². The maximum atomic E-state index is 12.0. The number of benzene rings is 1. The third-order valence-corrected chi connectivity index (χ3v) is 2.31.